The molecule has 2 aromatic rings. The average molecular weight is 353 g/mol. The first-order valence-corrected chi connectivity index (χ1v) is 7.79. The van der Waals surface area contributed by atoms with Gasteiger partial charge in [0.15, 0.2) is 18.1 Å². The Hall–Kier alpha value is -3.53. The minimum atomic E-state index is -0.229. The molecule has 0 radical (unpaired) electrons. The highest BCUT2D eigenvalue weighted by molar-refractivity contribution is 5.84. The second-order valence-electron chi connectivity index (χ2n) is 5.18. The quantitative estimate of drug-likeness (QED) is 0.581. The molecule has 0 spiro atoms. The SMILES string of the molecule is COc1ccc(CC(=O)NN=Cc2ccc(OCC#N)c(OC)c2)cc1. The molecule has 0 saturated heterocycles. The number of rotatable bonds is 8. The van der Waals surface area contributed by atoms with Gasteiger partial charge in [0, 0.05) is 0 Å². The summed E-state index contributed by atoms with van der Waals surface area (Å²) in [5.41, 5.74) is 4.06. The van der Waals surface area contributed by atoms with Crippen LogP contribution in [-0.2, 0) is 11.2 Å². The number of ether oxygens (including phenoxy) is 3. The van der Waals surface area contributed by atoms with Crippen molar-refractivity contribution in [1.29, 1.82) is 5.26 Å². The summed E-state index contributed by atoms with van der Waals surface area (Å²) in [5.74, 6) is 1.46. The minimum Gasteiger partial charge on any atom is -0.497 e. The summed E-state index contributed by atoms with van der Waals surface area (Å²) < 4.78 is 15.5. The predicted octanol–water partition coefficient (Wildman–Crippen LogP) is 2.30. The van der Waals surface area contributed by atoms with E-state index in [1.54, 1.807) is 37.4 Å². The van der Waals surface area contributed by atoms with Crippen LogP contribution in [0, 0.1) is 11.3 Å². The zero-order valence-corrected chi connectivity index (χ0v) is 14.6. The molecule has 0 heterocycles. The van der Waals surface area contributed by atoms with E-state index in [1.165, 1.54) is 13.3 Å². The van der Waals surface area contributed by atoms with Crippen LogP contribution in [0.1, 0.15) is 11.1 Å². The first-order valence-electron chi connectivity index (χ1n) is 7.79. The highest BCUT2D eigenvalue weighted by Gasteiger charge is 2.05. The first-order chi connectivity index (χ1) is 12.7. The summed E-state index contributed by atoms with van der Waals surface area (Å²) in [6.45, 7) is -0.0643. The van der Waals surface area contributed by atoms with Crippen molar-refractivity contribution in [3.05, 3.63) is 53.6 Å². The molecule has 0 unspecified atom stereocenters. The van der Waals surface area contributed by atoms with Crippen LogP contribution < -0.4 is 19.6 Å². The number of nitrogens with one attached hydrogen (secondary N) is 1. The van der Waals surface area contributed by atoms with Crippen molar-refractivity contribution in [2.45, 2.75) is 6.42 Å². The smallest absolute Gasteiger partial charge is 0.244 e. The molecule has 2 aromatic carbocycles. The first kappa shape index (κ1) is 18.8. The molecule has 0 bridgehead atoms. The fourth-order valence-electron chi connectivity index (χ4n) is 2.14. The molecule has 0 atom stereocenters. The molecule has 0 saturated carbocycles. The Morgan fingerprint density at radius 3 is 2.58 bits per heavy atom. The second kappa shape index (κ2) is 9.69. The number of hydrogen-bond acceptors (Lipinski definition) is 6. The van der Waals surface area contributed by atoms with Crippen molar-refractivity contribution >= 4 is 12.1 Å². The summed E-state index contributed by atoms with van der Waals surface area (Å²) in [4.78, 5) is 11.9. The maximum absolute atomic E-state index is 11.9. The summed E-state index contributed by atoms with van der Waals surface area (Å²) in [6.07, 6.45) is 1.72. The van der Waals surface area contributed by atoms with Gasteiger partial charge in [-0.3, -0.25) is 4.79 Å². The zero-order valence-electron chi connectivity index (χ0n) is 14.6. The second-order valence-corrected chi connectivity index (χ2v) is 5.18. The standard InChI is InChI=1S/C19H19N3O4/c1-24-16-6-3-14(4-7-16)12-19(23)22-21-13-15-5-8-17(26-10-9-20)18(11-15)25-2/h3-8,11,13H,10,12H2,1-2H3,(H,22,23). The molecule has 26 heavy (non-hydrogen) atoms. The lowest BCUT2D eigenvalue weighted by molar-refractivity contribution is -0.120. The lowest BCUT2D eigenvalue weighted by Crippen LogP contribution is -2.19. The van der Waals surface area contributed by atoms with Gasteiger partial charge in [-0.25, -0.2) is 5.43 Å². The maximum Gasteiger partial charge on any atom is 0.244 e. The summed E-state index contributed by atoms with van der Waals surface area (Å²) in [7, 11) is 3.10. The van der Waals surface area contributed by atoms with E-state index in [0.29, 0.717) is 11.5 Å². The van der Waals surface area contributed by atoms with Crippen LogP contribution in [0.15, 0.2) is 47.6 Å². The lowest BCUT2D eigenvalue weighted by Gasteiger charge is -2.08. The Bertz CT molecular complexity index is 811. The molecular formula is C19H19N3O4. The number of hydrogen-bond donors (Lipinski definition) is 1. The van der Waals surface area contributed by atoms with Gasteiger partial charge in [0.1, 0.15) is 11.8 Å². The predicted molar refractivity (Wildman–Crippen MR) is 96.5 cm³/mol. The third kappa shape index (κ3) is 5.53. The highest BCUT2D eigenvalue weighted by Crippen LogP contribution is 2.27. The summed E-state index contributed by atoms with van der Waals surface area (Å²) >= 11 is 0. The van der Waals surface area contributed by atoms with Gasteiger partial charge in [-0.15, -0.1) is 0 Å². The van der Waals surface area contributed by atoms with Crippen molar-refractivity contribution in [2.24, 2.45) is 5.10 Å². The molecule has 7 heteroatoms. The molecular weight excluding hydrogens is 334 g/mol. The normalized spacial score (nSPS) is 10.2. The van der Waals surface area contributed by atoms with Crippen LogP contribution in [0.3, 0.4) is 0 Å². The Labute approximate surface area is 151 Å². The fraction of sp³-hybridized carbons (Fsp3) is 0.211. The topological polar surface area (TPSA) is 92.9 Å². The van der Waals surface area contributed by atoms with Crippen molar-refractivity contribution in [3.8, 4) is 23.3 Å². The fourth-order valence-corrected chi connectivity index (χ4v) is 2.14. The molecule has 1 amide bonds. The minimum absolute atomic E-state index is 0.0643. The molecule has 1 N–H and O–H groups in total. The largest absolute Gasteiger partial charge is 0.497 e. The number of hydrazone groups is 1. The van der Waals surface area contributed by atoms with E-state index in [2.05, 4.69) is 10.5 Å². The number of benzene rings is 2. The van der Waals surface area contributed by atoms with E-state index in [4.69, 9.17) is 19.5 Å². The highest BCUT2D eigenvalue weighted by atomic mass is 16.5. The number of nitrogens with zero attached hydrogens (tertiary/aromatic N) is 2. The Balaban J connectivity index is 1.92. The van der Waals surface area contributed by atoms with E-state index < -0.39 is 0 Å². The van der Waals surface area contributed by atoms with E-state index in [0.717, 1.165) is 16.9 Å². The molecule has 134 valence electrons. The van der Waals surface area contributed by atoms with Gasteiger partial charge in [-0.1, -0.05) is 12.1 Å². The number of methoxy groups -OCH3 is 2. The maximum atomic E-state index is 11.9. The van der Waals surface area contributed by atoms with Crippen LogP contribution in [0.2, 0.25) is 0 Å². The molecule has 0 aliphatic carbocycles. The monoisotopic (exact) mass is 353 g/mol. The van der Waals surface area contributed by atoms with E-state index in [-0.39, 0.29) is 18.9 Å². The van der Waals surface area contributed by atoms with Crippen LogP contribution >= 0.6 is 0 Å². The van der Waals surface area contributed by atoms with Crippen LogP contribution in [0.25, 0.3) is 0 Å². The van der Waals surface area contributed by atoms with Gasteiger partial charge >= 0.3 is 0 Å². The molecule has 0 aliphatic rings. The van der Waals surface area contributed by atoms with Gasteiger partial charge in [0.2, 0.25) is 5.91 Å². The van der Waals surface area contributed by atoms with Gasteiger partial charge < -0.3 is 14.2 Å². The average Bonchev–Trinajstić information content (AvgIpc) is 2.67. The van der Waals surface area contributed by atoms with Gasteiger partial charge in [0.25, 0.3) is 0 Å². The van der Waals surface area contributed by atoms with E-state index in [9.17, 15) is 4.79 Å². The Kier molecular flexibility index (Phi) is 7.01. The Morgan fingerprint density at radius 1 is 1.15 bits per heavy atom. The molecule has 2 rings (SSSR count). The van der Waals surface area contributed by atoms with Crippen LogP contribution in [0.4, 0.5) is 0 Å². The number of nitriles is 1. The summed E-state index contributed by atoms with van der Waals surface area (Å²) in [6, 6.07) is 14.3. The molecule has 0 fully saturated rings. The van der Waals surface area contributed by atoms with Crippen molar-refractivity contribution < 1.29 is 19.0 Å². The van der Waals surface area contributed by atoms with Gasteiger partial charge in [-0.05, 0) is 41.5 Å². The van der Waals surface area contributed by atoms with Gasteiger partial charge in [-0.2, -0.15) is 10.4 Å². The number of amides is 1. The summed E-state index contributed by atoms with van der Waals surface area (Å²) in [5, 5.41) is 12.5. The number of carbonyl (C=O) groups excluding carboxylic acids is 1. The number of carbonyl (C=O) groups is 1. The lowest BCUT2D eigenvalue weighted by atomic mass is 10.1. The third-order valence-corrected chi connectivity index (χ3v) is 3.41. The van der Waals surface area contributed by atoms with Crippen molar-refractivity contribution in [3.63, 3.8) is 0 Å². The Morgan fingerprint density at radius 2 is 1.92 bits per heavy atom. The van der Waals surface area contributed by atoms with Gasteiger partial charge in [0.05, 0.1) is 26.9 Å². The molecule has 7 nitrogen and oxygen atoms in total. The zero-order chi connectivity index (χ0) is 18.8. The van der Waals surface area contributed by atoms with E-state index >= 15 is 0 Å². The molecule has 0 aromatic heterocycles. The molecule has 0 aliphatic heterocycles. The third-order valence-electron chi connectivity index (χ3n) is 3.41. The van der Waals surface area contributed by atoms with Crippen LogP contribution in [-0.4, -0.2) is 32.9 Å². The van der Waals surface area contributed by atoms with Crippen LogP contribution in [0.5, 0.6) is 17.2 Å². The van der Waals surface area contributed by atoms with Crippen molar-refractivity contribution in [2.75, 3.05) is 20.8 Å². The van der Waals surface area contributed by atoms with Crippen molar-refractivity contribution in [1.82, 2.24) is 5.43 Å². The van der Waals surface area contributed by atoms with E-state index in [1.807, 2.05) is 18.2 Å².